The molecule has 15 heavy (non-hydrogen) atoms. The lowest BCUT2D eigenvalue weighted by atomic mass is 9.98. The van der Waals surface area contributed by atoms with E-state index in [4.69, 9.17) is 11.5 Å². The third-order valence-electron chi connectivity index (χ3n) is 3.06. The minimum Gasteiger partial charge on any atom is -0.368 e. The Balaban J connectivity index is 2.52. The summed E-state index contributed by atoms with van der Waals surface area (Å²) in [6.07, 6.45) is -0.884. The Labute approximate surface area is 87.6 Å². The van der Waals surface area contributed by atoms with Crippen molar-refractivity contribution in [2.45, 2.75) is 37.3 Å². The van der Waals surface area contributed by atoms with Crippen LogP contribution in [0.4, 0.5) is 8.78 Å². The van der Waals surface area contributed by atoms with Crippen molar-refractivity contribution in [3.05, 3.63) is 0 Å². The second kappa shape index (κ2) is 4.40. The molecule has 0 heterocycles. The number of carbonyl (C=O) groups excluding carboxylic acids is 1. The highest BCUT2D eigenvalue weighted by molar-refractivity contribution is 5.84. The average molecular weight is 221 g/mol. The van der Waals surface area contributed by atoms with E-state index in [1.165, 1.54) is 0 Å². The Morgan fingerprint density at radius 2 is 2.27 bits per heavy atom. The van der Waals surface area contributed by atoms with Crippen molar-refractivity contribution in [3.8, 4) is 0 Å². The molecule has 0 aromatic rings. The summed E-state index contributed by atoms with van der Waals surface area (Å²) >= 11 is 0. The average Bonchev–Trinajstić information content (AvgIpc) is 2.48. The number of primary amides is 1. The number of hydrogen-bond donors (Lipinski definition) is 2. The molecule has 1 aliphatic rings. The molecule has 0 spiro atoms. The van der Waals surface area contributed by atoms with Crippen LogP contribution in [0.5, 0.6) is 0 Å². The van der Waals surface area contributed by atoms with Crippen molar-refractivity contribution < 1.29 is 13.6 Å². The van der Waals surface area contributed by atoms with Gasteiger partial charge in [0.2, 0.25) is 5.91 Å². The summed E-state index contributed by atoms with van der Waals surface area (Å²) in [6, 6.07) is -0.0727. The van der Waals surface area contributed by atoms with Gasteiger partial charge < -0.3 is 11.5 Å². The van der Waals surface area contributed by atoms with E-state index in [-0.39, 0.29) is 12.6 Å². The fourth-order valence-electron chi connectivity index (χ4n) is 2.02. The van der Waals surface area contributed by atoms with Gasteiger partial charge in [-0.3, -0.25) is 9.69 Å². The highest BCUT2D eigenvalue weighted by Gasteiger charge is 2.42. The number of halogens is 2. The summed E-state index contributed by atoms with van der Waals surface area (Å²) in [5.41, 5.74) is 9.92. The van der Waals surface area contributed by atoms with Gasteiger partial charge in [0, 0.05) is 6.04 Å². The van der Waals surface area contributed by atoms with E-state index in [0.717, 1.165) is 0 Å². The maximum Gasteiger partial charge on any atom is 0.251 e. The molecule has 2 atom stereocenters. The largest absolute Gasteiger partial charge is 0.368 e. The first-order valence-corrected chi connectivity index (χ1v) is 4.92. The lowest BCUT2D eigenvalue weighted by molar-refractivity contribution is -0.123. The number of alkyl halides is 2. The van der Waals surface area contributed by atoms with Gasteiger partial charge in [-0.15, -0.1) is 0 Å². The van der Waals surface area contributed by atoms with E-state index in [9.17, 15) is 13.6 Å². The van der Waals surface area contributed by atoms with Crippen LogP contribution < -0.4 is 11.5 Å². The van der Waals surface area contributed by atoms with Crippen LogP contribution in [0.3, 0.4) is 0 Å². The van der Waals surface area contributed by atoms with Gasteiger partial charge in [0.05, 0.1) is 12.1 Å². The number of amides is 1. The monoisotopic (exact) mass is 221 g/mol. The van der Waals surface area contributed by atoms with Crippen molar-refractivity contribution in [3.63, 3.8) is 0 Å². The molecule has 1 rings (SSSR count). The molecule has 0 aromatic carbocycles. The van der Waals surface area contributed by atoms with Crippen molar-refractivity contribution in [1.82, 2.24) is 4.90 Å². The minimum atomic E-state index is -2.36. The summed E-state index contributed by atoms with van der Waals surface area (Å²) in [4.78, 5) is 12.6. The molecule has 1 saturated carbocycles. The molecular weight excluding hydrogens is 204 g/mol. The van der Waals surface area contributed by atoms with Gasteiger partial charge in [-0.1, -0.05) is 0 Å². The third kappa shape index (κ3) is 2.85. The molecule has 0 aliphatic heterocycles. The van der Waals surface area contributed by atoms with Crippen LogP contribution in [0.2, 0.25) is 0 Å². The molecule has 6 heteroatoms. The Hall–Kier alpha value is -0.750. The van der Waals surface area contributed by atoms with Crippen LogP contribution in [0.1, 0.15) is 19.3 Å². The summed E-state index contributed by atoms with van der Waals surface area (Å²) in [6.45, 7) is -0.292. The van der Waals surface area contributed by atoms with Crippen LogP contribution >= 0.6 is 0 Å². The Bertz CT molecular complexity index is 250. The van der Waals surface area contributed by atoms with Crippen molar-refractivity contribution in [2.24, 2.45) is 11.5 Å². The lowest BCUT2D eigenvalue weighted by Gasteiger charge is -2.25. The molecule has 0 aromatic heterocycles. The third-order valence-corrected chi connectivity index (χ3v) is 3.06. The minimum absolute atomic E-state index is 0.0727. The molecule has 1 aliphatic carbocycles. The van der Waals surface area contributed by atoms with Crippen LogP contribution in [0, 0.1) is 0 Å². The van der Waals surface area contributed by atoms with Gasteiger partial charge >= 0.3 is 0 Å². The van der Waals surface area contributed by atoms with Crippen molar-refractivity contribution >= 4 is 5.91 Å². The van der Waals surface area contributed by atoms with Gasteiger partial charge in [-0.2, -0.15) is 0 Å². The van der Waals surface area contributed by atoms with Gasteiger partial charge in [-0.05, 0) is 26.3 Å². The van der Waals surface area contributed by atoms with Crippen LogP contribution in [-0.2, 0) is 4.79 Å². The standard InChI is InChI=1S/C9H17F2N3O/c1-14(5-7(10)11)6-2-3-9(13,4-6)8(12)15/h6-7H,2-5,13H2,1H3,(H2,12,15). The number of hydrogen-bond acceptors (Lipinski definition) is 3. The van der Waals surface area contributed by atoms with E-state index < -0.39 is 17.9 Å². The predicted octanol–water partition coefficient (Wildman–Crippen LogP) is -0.0814. The normalized spacial score (nSPS) is 31.5. The quantitative estimate of drug-likeness (QED) is 0.697. The van der Waals surface area contributed by atoms with E-state index in [0.29, 0.717) is 19.3 Å². The van der Waals surface area contributed by atoms with Gasteiger partial charge in [0.15, 0.2) is 0 Å². The summed E-state index contributed by atoms with van der Waals surface area (Å²) in [7, 11) is 1.61. The molecule has 88 valence electrons. The highest BCUT2D eigenvalue weighted by atomic mass is 19.3. The summed E-state index contributed by atoms with van der Waals surface area (Å²) in [5.74, 6) is -0.546. The van der Waals surface area contributed by atoms with Gasteiger partial charge in [-0.25, -0.2) is 8.78 Å². The maximum atomic E-state index is 12.1. The zero-order valence-electron chi connectivity index (χ0n) is 8.75. The van der Waals surface area contributed by atoms with Crippen LogP contribution in [0.15, 0.2) is 0 Å². The number of nitrogens with two attached hydrogens (primary N) is 2. The van der Waals surface area contributed by atoms with E-state index >= 15 is 0 Å². The summed E-state index contributed by atoms with van der Waals surface area (Å²) < 4.78 is 24.3. The smallest absolute Gasteiger partial charge is 0.251 e. The topological polar surface area (TPSA) is 72.3 Å². The predicted molar refractivity (Wildman–Crippen MR) is 52.4 cm³/mol. The lowest BCUT2D eigenvalue weighted by Crippen LogP contribution is -2.51. The second-order valence-corrected chi connectivity index (χ2v) is 4.25. The van der Waals surface area contributed by atoms with Crippen molar-refractivity contribution in [1.29, 1.82) is 0 Å². The zero-order chi connectivity index (χ0) is 11.6. The van der Waals surface area contributed by atoms with E-state index in [2.05, 4.69) is 0 Å². The van der Waals surface area contributed by atoms with Gasteiger partial charge in [0.25, 0.3) is 6.43 Å². The molecule has 1 fully saturated rings. The number of nitrogens with zero attached hydrogens (tertiary/aromatic N) is 1. The van der Waals surface area contributed by atoms with E-state index in [1.54, 1.807) is 11.9 Å². The molecule has 4 nitrogen and oxygen atoms in total. The molecule has 0 radical (unpaired) electrons. The Kier molecular flexibility index (Phi) is 3.62. The Morgan fingerprint density at radius 3 is 2.67 bits per heavy atom. The van der Waals surface area contributed by atoms with Gasteiger partial charge in [0.1, 0.15) is 0 Å². The molecule has 1 amide bonds. The maximum absolute atomic E-state index is 12.1. The first-order valence-electron chi connectivity index (χ1n) is 4.92. The van der Waals surface area contributed by atoms with Crippen LogP contribution in [-0.4, -0.2) is 42.4 Å². The fraction of sp³-hybridized carbons (Fsp3) is 0.889. The highest BCUT2D eigenvalue weighted by Crippen LogP contribution is 2.30. The van der Waals surface area contributed by atoms with E-state index in [1.807, 2.05) is 0 Å². The molecule has 0 saturated heterocycles. The zero-order valence-corrected chi connectivity index (χ0v) is 8.75. The number of carbonyl (C=O) groups is 1. The molecular formula is C9H17F2N3O. The first kappa shape index (κ1) is 12.3. The van der Waals surface area contributed by atoms with Crippen molar-refractivity contribution in [2.75, 3.05) is 13.6 Å². The van der Waals surface area contributed by atoms with Crippen LogP contribution in [0.25, 0.3) is 0 Å². The summed E-state index contributed by atoms with van der Waals surface area (Å²) in [5, 5.41) is 0. The number of rotatable bonds is 4. The first-order chi connectivity index (χ1) is 6.85. The SMILES string of the molecule is CN(CC(F)F)C1CCC(N)(C(N)=O)C1. The Morgan fingerprint density at radius 1 is 1.67 bits per heavy atom. The fourth-order valence-corrected chi connectivity index (χ4v) is 2.02. The second-order valence-electron chi connectivity index (χ2n) is 4.25. The molecule has 4 N–H and O–H groups in total. The molecule has 0 bridgehead atoms. The molecule has 2 unspecified atom stereocenters.